The fourth-order valence-corrected chi connectivity index (χ4v) is 6.86. The number of aromatic nitrogens is 1. The van der Waals surface area contributed by atoms with E-state index in [9.17, 15) is 29.7 Å². The van der Waals surface area contributed by atoms with E-state index < -0.39 is 29.8 Å². The molecule has 44 heavy (non-hydrogen) atoms. The number of benzene rings is 1. The van der Waals surface area contributed by atoms with Gasteiger partial charge in [0.05, 0.1) is 30.2 Å². The largest absolute Gasteiger partial charge is 0.507 e. The van der Waals surface area contributed by atoms with Crippen molar-refractivity contribution >= 4 is 29.4 Å². The first kappa shape index (κ1) is 33.1. The van der Waals surface area contributed by atoms with Crippen LogP contribution in [0.1, 0.15) is 80.7 Å². The monoisotopic (exact) mass is 604 g/mol. The number of phenols is 1. The van der Waals surface area contributed by atoms with Crippen LogP contribution >= 0.6 is 0 Å². The second-order valence-corrected chi connectivity index (χ2v) is 12.0. The number of carbonyl (C=O) groups is 3. The quantitative estimate of drug-likeness (QED) is 0.133. The lowest BCUT2D eigenvalue weighted by atomic mass is 9.67. The number of aliphatic carboxylic acids is 1. The normalized spacial score (nSPS) is 21.2. The topological polar surface area (TPSA) is 148 Å². The fourth-order valence-electron chi connectivity index (χ4n) is 6.86. The van der Waals surface area contributed by atoms with E-state index in [1.54, 1.807) is 6.20 Å². The number of unbranched alkanes of at least 4 members (excludes halogenated alkanes) is 2. The lowest BCUT2D eigenvalue weighted by molar-refractivity contribution is -0.141. The Morgan fingerprint density at radius 2 is 1.82 bits per heavy atom. The molecule has 0 bridgehead atoms. The van der Waals surface area contributed by atoms with Crippen molar-refractivity contribution in [3.05, 3.63) is 70.1 Å². The molecule has 2 aromatic rings. The Balaban J connectivity index is 1.55. The summed E-state index contributed by atoms with van der Waals surface area (Å²) in [4.78, 5) is 43.5. The Morgan fingerprint density at radius 1 is 1.09 bits per heavy atom. The van der Waals surface area contributed by atoms with Crippen LogP contribution in [0, 0.1) is 31.6 Å². The Hall–Kier alpha value is -3.82. The van der Waals surface area contributed by atoms with E-state index in [1.165, 1.54) is 4.90 Å². The number of nitrogens with zero attached hydrogens (tertiary/aromatic N) is 2. The van der Waals surface area contributed by atoms with Gasteiger partial charge < -0.3 is 20.4 Å². The average molecular weight is 605 g/mol. The van der Waals surface area contributed by atoms with Gasteiger partial charge in [-0.05, 0) is 111 Å². The minimum absolute atomic E-state index is 0.0518. The molecule has 4 N–H and O–H groups in total. The highest BCUT2D eigenvalue weighted by Crippen LogP contribution is 2.47. The summed E-state index contributed by atoms with van der Waals surface area (Å²) in [7, 11) is 0. The number of aromatic hydroxyl groups is 1. The standard InChI is InChI=1S/C35H44N2O7/c1-4-24-19-26-32(35(44)37(34(26)43)15-9-5-6-11-30(40)41)27(20-38)31(24)29(39)13-12-25(28-10-7-8-14-36-28)18-23-16-21(2)33(42)22(3)17-23/h7-8,10,14,16-18,26-27,29,32,38-39,42H,4-6,9,11-13,15,19-20H2,1-3H3,(H,40,41)/b25-18-/t26-,27+,29-,32-/m1/s1. The zero-order valence-corrected chi connectivity index (χ0v) is 25.8. The van der Waals surface area contributed by atoms with Gasteiger partial charge in [0.1, 0.15) is 5.75 Å². The molecule has 1 aromatic carbocycles. The molecular formula is C35H44N2O7. The first-order valence-electron chi connectivity index (χ1n) is 15.6. The number of allylic oxidation sites excluding steroid dienone is 2. The number of likely N-dealkylation sites (tertiary alicyclic amines) is 1. The van der Waals surface area contributed by atoms with Gasteiger partial charge in [0.25, 0.3) is 0 Å². The third-order valence-corrected chi connectivity index (χ3v) is 9.07. The third-order valence-electron chi connectivity index (χ3n) is 9.07. The molecule has 9 heteroatoms. The van der Waals surface area contributed by atoms with Gasteiger partial charge in [0.15, 0.2) is 0 Å². The summed E-state index contributed by atoms with van der Waals surface area (Å²) in [5.41, 5.74) is 5.69. The highest BCUT2D eigenvalue weighted by atomic mass is 16.4. The maximum Gasteiger partial charge on any atom is 0.303 e. The van der Waals surface area contributed by atoms with Crippen LogP contribution in [0.4, 0.5) is 0 Å². The van der Waals surface area contributed by atoms with Crippen molar-refractivity contribution in [2.45, 2.75) is 78.2 Å². The van der Waals surface area contributed by atoms with Gasteiger partial charge in [-0.15, -0.1) is 0 Å². The van der Waals surface area contributed by atoms with Crippen LogP contribution in [0.15, 0.2) is 47.7 Å². The average Bonchev–Trinajstić information content (AvgIpc) is 3.25. The van der Waals surface area contributed by atoms with Crippen LogP contribution in [-0.4, -0.2) is 67.3 Å². The smallest absolute Gasteiger partial charge is 0.303 e. The molecule has 0 spiro atoms. The molecule has 1 aromatic heterocycles. The maximum atomic E-state index is 13.5. The van der Waals surface area contributed by atoms with Crippen molar-refractivity contribution in [1.82, 2.24) is 9.88 Å². The summed E-state index contributed by atoms with van der Waals surface area (Å²) in [6.45, 7) is 5.55. The first-order chi connectivity index (χ1) is 21.1. The van der Waals surface area contributed by atoms with Crippen LogP contribution in [-0.2, 0) is 14.4 Å². The highest BCUT2D eigenvalue weighted by Gasteiger charge is 2.54. The van der Waals surface area contributed by atoms with Crippen molar-refractivity contribution in [1.29, 1.82) is 0 Å². The van der Waals surface area contributed by atoms with Crippen LogP contribution in [0.5, 0.6) is 5.75 Å². The minimum atomic E-state index is -0.925. The summed E-state index contributed by atoms with van der Waals surface area (Å²) in [5.74, 6) is -3.10. The van der Waals surface area contributed by atoms with E-state index in [0.717, 1.165) is 33.5 Å². The third kappa shape index (κ3) is 7.27. The molecule has 4 rings (SSSR count). The molecule has 236 valence electrons. The number of pyridine rings is 1. The first-order valence-corrected chi connectivity index (χ1v) is 15.6. The van der Waals surface area contributed by atoms with Gasteiger partial charge in [-0.25, -0.2) is 0 Å². The maximum absolute atomic E-state index is 13.5. The summed E-state index contributed by atoms with van der Waals surface area (Å²) >= 11 is 0. The summed E-state index contributed by atoms with van der Waals surface area (Å²) in [6, 6.07) is 9.47. The lowest BCUT2D eigenvalue weighted by Gasteiger charge is -2.36. The van der Waals surface area contributed by atoms with Crippen molar-refractivity contribution in [3.8, 4) is 5.75 Å². The number of carboxylic acid groups (broad SMARTS) is 1. The number of carboxylic acids is 1. The lowest BCUT2D eigenvalue weighted by Crippen LogP contribution is -2.39. The molecule has 0 saturated carbocycles. The van der Waals surface area contributed by atoms with E-state index >= 15 is 0 Å². The predicted octanol–water partition coefficient (Wildman–Crippen LogP) is 5.05. The van der Waals surface area contributed by atoms with Gasteiger partial charge in [0.2, 0.25) is 11.8 Å². The van der Waals surface area contributed by atoms with E-state index in [0.29, 0.717) is 50.5 Å². The number of amides is 2. The Kier molecular flexibility index (Phi) is 11.1. The summed E-state index contributed by atoms with van der Waals surface area (Å²) < 4.78 is 0. The summed E-state index contributed by atoms with van der Waals surface area (Å²) in [6.07, 6.45) is 6.24. The van der Waals surface area contributed by atoms with Crippen LogP contribution in [0.2, 0.25) is 0 Å². The van der Waals surface area contributed by atoms with Crippen molar-refractivity contribution in [2.24, 2.45) is 17.8 Å². The highest BCUT2D eigenvalue weighted by molar-refractivity contribution is 6.05. The molecule has 4 atom stereocenters. The molecule has 1 aliphatic carbocycles. The number of rotatable bonds is 14. The Bertz CT molecular complexity index is 1410. The SMILES string of the molecule is CCC1=C([C@H](O)CC/C(=C/c2cc(C)c(O)c(C)c2)c2ccccn2)[C@H](CO)[C@@H]2C(=O)N(CCCCCC(=O)O)C(=O)[C@@H]2C1. The van der Waals surface area contributed by atoms with Crippen LogP contribution < -0.4 is 0 Å². The van der Waals surface area contributed by atoms with Crippen LogP contribution in [0.3, 0.4) is 0 Å². The number of carbonyl (C=O) groups excluding carboxylic acids is 2. The zero-order chi connectivity index (χ0) is 32.0. The number of phenolic OH excluding ortho intramolecular Hbond substituents is 1. The second kappa shape index (κ2) is 14.8. The van der Waals surface area contributed by atoms with Gasteiger partial charge in [0, 0.05) is 25.1 Å². The van der Waals surface area contributed by atoms with Crippen LogP contribution in [0.25, 0.3) is 11.6 Å². The van der Waals surface area contributed by atoms with Crippen molar-refractivity contribution < 1.29 is 34.8 Å². The number of aliphatic hydroxyl groups excluding tert-OH is 2. The van der Waals surface area contributed by atoms with Gasteiger partial charge in [-0.2, -0.15) is 0 Å². The van der Waals surface area contributed by atoms with E-state index in [-0.39, 0.29) is 37.1 Å². The van der Waals surface area contributed by atoms with E-state index in [1.807, 2.05) is 57.2 Å². The number of hydrogen-bond donors (Lipinski definition) is 4. The number of aliphatic hydroxyl groups is 2. The Morgan fingerprint density at radius 3 is 2.43 bits per heavy atom. The second-order valence-electron chi connectivity index (χ2n) is 12.0. The molecule has 0 unspecified atom stereocenters. The van der Waals surface area contributed by atoms with E-state index in [2.05, 4.69) is 4.98 Å². The van der Waals surface area contributed by atoms with Crippen molar-refractivity contribution in [2.75, 3.05) is 13.2 Å². The van der Waals surface area contributed by atoms with E-state index in [4.69, 9.17) is 5.11 Å². The number of fused-ring (bicyclic) bond motifs is 1. The Labute approximate surface area is 258 Å². The number of aryl methyl sites for hydroxylation is 2. The molecule has 1 saturated heterocycles. The van der Waals surface area contributed by atoms with Gasteiger partial charge in [-0.1, -0.05) is 25.0 Å². The molecule has 2 heterocycles. The molecule has 2 amide bonds. The number of imide groups is 1. The molecule has 1 aliphatic heterocycles. The fraction of sp³-hybridized carbons (Fsp3) is 0.486. The molecule has 1 fully saturated rings. The summed E-state index contributed by atoms with van der Waals surface area (Å²) in [5, 5.41) is 41.3. The van der Waals surface area contributed by atoms with Gasteiger partial charge >= 0.3 is 5.97 Å². The zero-order valence-electron chi connectivity index (χ0n) is 25.8. The molecule has 0 radical (unpaired) electrons. The molecule has 9 nitrogen and oxygen atoms in total. The van der Waals surface area contributed by atoms with Gasteiger partial charge in [-0.3, -0.25) is 24.3 Å². The predicted molar refractivity (Wildman–Crippen MR) is 167 cm³/mol. The number of hydrogen-bond acceptors (Lipinski definition) is 7. The molecular weight excluding hydrogens is 560 g/mol. The minimum Gasteiger partial charge on any atom is -0.507 e. The molecule has 2 aliphatic rings. The van der Waals surface area contributed by atoms with Crippen molar-refractivity contribution in [3.63, 3.8) is 0 Å².